The molecule has 0 radical (unpaired) electrons. The van der Waals surface area contributed by atoms with Crippen LogP contribution in [0, 0.1) is 11.3 Å². The number of rotatable bonds is 4. The van der Waals surface area contributed by atoms with E-state index in [-0.39, 0.29) is 11.4 Å². The number of nitrogens with one attached hydrogen (secondary N) is 1. The summed E-state index contributed by atoms with van der Waals surface area (Å²) in [5, 5.41) is 11.7. The number of carbonyl (C=O) groups excluding carboxylic acids is 1. The maximum atomic E-state index is 11.8. The number of nitriles is 1. The maximum absolute atomic E-state index is 11.8. The smallest absolute Gasteiger partial charge is 0.234 e. The molecule has 1 amide bonds. The van der Waals surface area contributed by atoms with Crippen molar-refractivity contribution >= 4 is 5.91 Å². The molecule has 0 heterocycles. The van der Waals surface area contributed by atoms with Gasteiger partial charge in [-0.15, -0.1) is 0 Å². The molecule has 0 saturated heterocycles. The van der Waals surface area contributed by atoms with Gasteiger partial charge in [-0.25, -0.2) is 0 Å². The molecule has 19 heavy (non-hydrogen) atoms. The summed E-state index contributed by atoms with van der Waals surface area (Å²) in [7, 11) is 1.90. The highest BCUT2D eigenvalue weighted by atomic mass is 16.2. The van der Waals surface area contributed by atoms with E-state index >= 15 is 0 Å². The molecule has 0 bridgehead atoms. The number of nitrogens with zero attached hydrogens (tertiary/aromatic N) is 2. The summed E-state index contributed by atoms with van der Waals surface area (Å²) in [6.45, 7) is 6.93. The van der Waals surface area contributed by atoms with Crippen molar-refractivity contribution in [1.29, 1.82) is 5.26 Å². The lowest BCUT2D eigenvalue weighted by Crippen LogP contribution is -2.45. The average molecular weight is 259 g/mol. The minimum absolute atomic E-state index is 0.0173. The minimum Gasteiger partial charge on any atom is -0.350 e. The zero-order chi connectivity index (χ0) is 14.5. The fourth-order valence-electron chi connectivity index (χ4n) is 1.76. The summed E-state index contributed by atoms with van der Waals surface area (Å²) in [6.07, 6.45) is 0. The number of hydrogen-bond donors (Lipinski definition) is 1. The van der Waals surface area contributed by atoms with Crippen molar-refractivity contribution in [3.8, 4) is 6.07 Å². The Morgan fingerprint density at radius 1 is 1.32 bits per heavy atom. The molecule has 4 heteroatoms. The van der Waals surface area contributed by atoms with E-state index < -0.39 is 0 Å². The topological polar surface area (TPSA) is 56.1 Å². The standard InChI is InChI=1S/C15H21N3O/c1-15(2,3)17-14(19)11-18(4)10-13-7-5-12(9-16)6-8-13/h5-8H,10-11H2,1-4H3,(H,17,19). The van der Waals surface area contributed by atoms with E-state index in [1.54, 1.807) is 12.1 Å². The van der Waals surface area contributed by atoms with Crippen LogP contribution in [0.3, 0.4) is 0 Å². The second kappa shape index (κ2) is 6.35. The first-order valence-corrected chi connectivity index (χ1v) is 6.29. The van der Waals surface area contributed by atoms with Gasteiger partial charge in [0.25, 0.3) is 0 Å². The van der Waals surface area contributed by atoms with E-state index in [9.17, 15) is 4.79 Å². The Bertz CT molecular complexity index is 466. The SMILES string of the molecule is CN(CC(=O)NC(C)(C)C)Cc1ccc(C#N)cc1. The summed E-state index contributed by atoms with van der Waals surface area (Å²) in [6, 6.07) is 9.49. The van der Waals surface area contributed by atoms with Crippen LogP contribution in [0.4, 0.5) is 0 Å². The minimum atomic E-state index is -0.202. The Morgan fingerprint density at radius 3 is 2.37 bits per heavy atom. The van der Waals surface area contributed by atoms with Gasteiger partial charge < -0.3 is 5.32 Å². The van der Waals surface area contributed by atoms with Crippen LogP contribution in [0.15, 0.2) is 24.3 Å². The number of amides is 1. The summed E-state index contributed by atoms with van der Waals surface area (Å²) in [4.78, 5) is 13.7. The van der Waals surface area contributed by atoms with Crippen molar-refractivity contribution in [2.24, 2.45) is 0 Å². The molecule has 0 aromatic heterocycles. The van der Waals surface area contributed by atoms with Crippen LogP contribution in [0.25, 0.3) is 0 Å². The first kappa shape index (κ1) is 15.2. The molecule has 0 saturated carbocycles. The normalized spacial score (nSPS) is 11.2. The van der Waals surface area contributed by atoms with Crippen LogP contribution in [0.1, 0.15) is 31.9 Å². The molecule has 0 fully saturated rings. The van der Waals surface area contributed by atoms with Gasteiger partial charge in [0.05, 0.1) is 18.2 Å². The van der Waals surface area contributed by atoms with Crippen molar-refractivity contribution in [2.45, 2.75) is 32.9 Å². The van der Waals surface area contributed by atoms with Crippen molar-refractivity contribution in [3.05, 3.63) is 35.4 Å². The van der Waals surface area contributed by atoms with Gasteiger partial charge >= 0.3 is 0 Å². The summed E-state index contributed by atoms with van der Waals surface area (Å²) in [5.41, 5.74) is 1.54. The third kappa shape index (κ3) is 6.03. The van der Waals surface area contributed by atoms with Gasteiger partial charge in [0.2, 0.25) is 5.91 Å². The fourth-order valence-corrected chi connectivity index (χ4v) is 1.76. The van der Waals surface area contributed by atoms with Gasteiger partial charge in [0, 0.05) is 12.1 Å². The van der Waals surface area contributed by atoms with Crippen LogP contribution in [0.2, 0.25) is 0 Å². The van der Waals surface area contributed by atoms with Crippen molar-refractivity contribution < 1.29 is 4.79 Å². The van der Waals surface area contributed by atoms with Gasteiger partial charge in [-0.1, -0.05) is 12.1 Å². The predicted molar refractivity (Wildman–Crippen MR) is 75.4 cm³/mol. The third-order valence-electron chi connectivity index (χ3n) is 2.46. The van der Waals surface area contributed by atoms with Gasteiger partial charge in [0.15, 0.2) is 0 Å². The maximum Gasteiger partial charge on any atom is 0.234 e. The monoisotopic (exact) mass is 259 g/mol. The summed E-state index contributed by atoms with van der Waals surface area (Å²) in [5.74, 6) is 0.0173. The molecule has 0 atom stereocenters. The van der Waals surface area contributed by atoms with Gasteiger partial charge in [-0.05, 0) is 45.5 Å². The van der Waals surface area contributed by atoms with Crippen molar-refractivity contribution in [3.63, 3.8) is 0 Å². The van der Waals surface area contributed by atoms with E-state index in [0.29, 0.717) is 18.7 Å². The highest BCUT2D eigenvalue weighted by Crippen LogP contribution is 2.06. The van der Waals surface area contributed by atoms with Crippen molar-refractivity contribution in [1.82, 2.24) is 10.2 Å². The number of benzene rings is 1. The quantitative estimate of drug-likeness (QED) is 0.898. The van der Waals surface area contributed by atoms with Crippen LogP contribution in [0.5, 0.6) is 0 Å². The van der Waals surface area contributed by atoms with Crippen LogP contribution < -0.4 is 5.32 Å². The molecule has 0 aliphatic heterocycles. The first-order valence-electron chi connectivity index (χ1n) is 6.29. The molecular formula is C15H21N3O. The van der Waals surface area contributed by atoms with E-state index in [1.165, 1.54) is 0 Å². The Labute approximate surface area is 115 Å². The van der Waals surface area contributed by atoms with Crippen LogP contribution in [-0.4, -0.2) is 29.9 Å². The Hall–Kier alpha value is -1.86. The average Bonchev–Trinajstić information content (AvgIpc) is 2.27. The second-order valence-corrected chi connectivity index (χ2v) is 5.78. The third-order valence-corrected chi connectivity index (χ3v) is 2.46. The predicted octanol–water partition coefficient (Wildman–Crippen LogP) is 1.90. The zero-order valence-corrected chi connectivity index (χ0v) is 12.0. The molecule has 102 valence electrons. The molecule has 0 spiro atoms. The van der Waals surface area contributed by atoms with Gasteiger partial charge in [-0.2, -0.15) is 5.26 Å². The molecular weight excluding hydrogens is 238 g/mol. The zero-order valence-electron chi connectivity index (χ0n) is 12.0. The lowest BCUT2D eigenvalue weighted by atomic mass is 10.1. The number of carbonyl (C=O) groups is 1. The molecule has 1 rings (SSSR count). The summed E-state index contributed by atoms with van der Waals surface area (Å²) >= 11 is 0. The van der Waals surface area contributed by atoms with Crippen LogP contribution >= 0.6 is 0 Å². The Balaban J connectivity index is 2.48. The number of hydrogen-bond acceptors (Lipinski definition) is 3. The van der Waals surface area contributed by atoms with E-state index in [2.05, 4.69) is 11.4 Å². The van der Waals surface area contributed by atoms with Crippen molar-refractivity contribution in [2.75, 3.05) is 13.6 Å². The molecule has 0 unspecified atom stereocenters. The largest absolute Gasteiger partial charge is 0.350 e. The molecule has 1 aromatic rings. The fraction of sp³-hybridized carbons (Fsp3) is 0.467. The van der Waals surface area contributed by atoms with E-state index in [0.717, 1.165) is 5.56 Å². The molecule has 0 aliphatic rings. The molecule has 1 N–H and O–H groups in total. The van der Waals surface area contributed by atoms with Gasteiger partial charge in [0.1, 0.15) is 0 Å². The lowest BCUT2D eigenvalue weighted by Gasteiger charge is -2.23. The highest BCUT2D eigenvalue weighted by molar-refractivity contribution is 5.78. The van der Waals surface area contributed by atoms with E-state index in [4.69, 9.17) is 5.26 Å². The second-order valence-electron chi connectivity index (χ2n) is 5.78. The van der Waals surface area contributed by atoms with E-state index in [1.807, 2.05) is 44.9 Å². The lowest BCUT2D eigenvalue weighted by molar-refractivity contribution is -0.123. The summed E-state index contributed by atoms with van der Waals surface area (Å²) < 4.78 is 0. The Kier molecular flexibility index (Phi) is 5.08. The number of likely N-dealkylation sites (N-methyl/N-ethyl adjacent to an activating group) is 1. The molecule has 4 nitrogen and oxygen atoms in total. The highest BCUT2D eigenvalue weighted by Gasteiger charge is 2.15. The first-order chi connectivity index (χ1) is 8.80. The molecule has 1 aromatic carbocycles. The van der Waals surface area contributed by atoms with Gasteiger partial charge in [-0.3, -0.25) is 9.69 Å². The van der Waals surface area contributed by atoms with Crippen LogP contribution in [-0.2, 0) is 11.3 Å². The molecule has 0 aliphatic carbocycles. The Morgan fingerprint density at radius 2 is 1.89 bits per heavy atom.